The number of rotatable bonds is 4. The van der Waals surface area contributed by atoms with Crippen molar-refractivity contribution >= 4 is 17.5 Å². The first kappa shape index (κ1) is 17.7. The highest BCUT2D eigenvalue weighted by molar-refractivity contribution is 6.04. The van der Waals surface area contributed by atoms with Crippen molar-refractivity contribution in [2.75, 3.05) is 31.5 Å². The molecule has 27 heavy (non-hydrogen) atoms. The van der Waals surface area contributed by atoms with E-state index in [1.165, 1.54) is 25.9 Å². The average Bonchev–Trinajstić information content (AvgIpc) is 3.40. The monoisotopic (exact) mass is 363 g/mol. The summed E-state index contributed by atoms with van der Waals surface area (Å²) in [6.07, 6.45) is 3.62. The molecule has 2 aromatic carbocycles. The van der Waals surface area contributed by atoms with E-state index < -0.39 is 0 Å². The van der Waals surface area contributed by atoms with E-state index >= 15 is 0 Å². The quantitative estimate of drug-likeness (QED) is 0.907. The van der Waals surface area contributed by atoms with E-state index in [1.54, 1.807) is 36.4 Å². The fraction of sp³-hybridized carbons (Fsp3) is 0.364. The zero-order valence-electron chi connectivity index (χ0n) is 15.4. The zero-order valence-corrected chi connectivity index (χ0v) is 15.4. The summed E-state index contributed by atoms with van der Waals surface area (Å²) in [5.74, 6) is -0.0692. The molecule has 0 aromatic heterocycles. The van der Waals surface area contributed by atoms with Crippen molar-refractivity contribution in [1.29, 1.82) is 0 Å². The second-order valence-electron chi connectivity index (χ2n) is 7.33. The van der Waals surface area contributed by atoms with E-state index in [0.29, 0.717) is 22.9 Å². The molecule has 2 fully saturated rings. The van der Waals surface area contributed by atoms with E-state index in [1.807, 2.05) is 23.1 Å². The lowest BCUT2D eigenvalue weighted by Gasteiger charge is -2.23. The number of likely N-dealkylation sites (tertiary alicyclic amines) is 2. The Morgan fingerprint density at radius 3 is 2.26 bits per heavy atom. The van der Waals surface area contributed by atoms with E-state index in [-0.39, 0.29) is 11.8 Å². The largest absolute Gasteiger partial charge is 0.337 e. The van der Waals surface area contributed by atoms with Crippen LogP contribution in [0.15, 0.2) is 54.6 Å². The van der Waals surface area contributed by atoms with Crippen molar-refractivity contribution in [1.82, 2.24) is 9.80 Å². The molecule has 0 radical (unpaired) electrons. The predicted octanol–water partition coefficient (Wildman–Crippen LogP) is 3.25. The summed E-state index contributed by atoms with van der Waals surface area (Å²) in [4.78, 5) is 29.5. The molecule has 0 aliphatic carbocycles. The molecular formula is C22H25N3O2. The molecule has 1 unspecified atom stereocenters. The van der Waals surface area contributed by atoms with Gasteiger partial charge in [-0.3, -0.25) is 14.5 Å². The van der Waals surface area contributed by atoms with Crippen molar-refractivity contribution in [3.63, 3.8) is 0 Å². The number of carbonyl (C=O) groups is 2. The molecule has 5 heteroatoms. The van der Waals surface area contributed by atoms with Crippen molar-refractivity contribution in [2.24, 2.45) is 0 Å². The third-order valence-corrected chi connectivity index (χ3v) is 5.53. The summed E-state index contributed by atoms with van der Waals surface area (Å²) in [6, 6.07) is 16.8. The van der Waals surface area contributed by atoms with Gasteiger partial charge in [-0.1, -0.05) is 18.2 Å². The standard InChI is InChI=1S/C22H25N3O2/c26-21(17-6-2-1-3-7-17)23-19-10-8-18(9-11-19)22(27)25-15-12-20(16-25)24-13-4-5-14-24/h1-3,6-11,20H,4-5,12-16H2,(H,23,26). The van der Waals surface area contributed by atoms with Gasteiger partial charge in [0.25, 0.3) is 11.8 Å². The van der Waals surface area contributed by atoms with Crippen LogP contribution in [0.5, 0.6) is 0 Å². The van der Waals surface area contributed by atoms with E-state index in [9.17, 15) is 9.59 Å². The molecule has 0 spiro atoms. The van der Waals surface area contributed by atoms with Crippen LogP contribution < -0.4 is 5.32 Å². The van der Waals surface area contributed by atoms with Crippen molar-refractivity contribution < 1.29 is 9.59 Å². The van der Waals surface area contributed by atoms with Gasteiger partial charge in [0.2, 0.25) is 0 Å². The normalized spacial score (nSPS) is 20.0. The number of amides is 2. The molecule has 2 saturated heterocycles. The minimum atomic E-state index is -0.150. The van der Waals surface area contributed by atoms with E-state index in [0.717, 1.165) is 19.5 Å². The Kier molecular flexibility index (Phi) is 5.21. The molecule has 2 aromatic rings. The van der Waals surface area contributed by atoms with Crippen molar-refractivity contribution in [3.05, 3.63) is 65.7 Å². The van der Waals surface area contributed by atoms with Crippen LogP contribution in [-0.2, 0) is 0 Å². The summed E-state index contributed by atoms with van der Waals surface area (Å²) < 4.78 is 0. The number of carbonyl (C=O) groups excluding carboxylic acids is 2. The number of anilines is 1. The van der Waals surface area contributed by atoms with Gasteiger partial charge in [0, 0.05) is 35.9 Å². The predicted molar refractivity (Wildman–Crippen MR) is 106 cm³/mol. The van der Waals surface area contributed by atoms with Gasteiger partial charge in [-0.05, 0) is 68.8 Å². The maximum atomic E-state index is 12.8. The molecule has 2 amide bonds. The van der Waals surface area contributed by atoms with Gasteiger partial charge < -0.3 is 10.2 Å². The maximum absolute atomic E-state index is 12.8. The van der Waals surface area contributed by atoms with Crippen molar-refractivity contribution in [3.8, 4) is 0 Å². The number of hydrogen-bond donors (Lipinski definition) is 1. The molecule has 2 heterocycles. The molecule has 5 nitrogen and oxygen atoms in total. The van der Waals surface area contributed by atoms with Gasteiger partial charge >= 0.3 is 0 Å². The minimum absolute atomic E-state index is 0.0811. The average molecular weight is 363 g/mol. The van der Waals surface area contributed by atoms with Gasteiger partial charge in [0.15, 0.2) is 0 Å². The van der Waals surface area contributed by atoms with Crippen LogP contribution >= 0.6 is 0 Å². The highest BCUT2D eigenvalue weighted by Crippen LogP contribution is 2.22. The SMILES string of the molecule is O=C(Nc1ccc(C(=O)N2CCC(N3CCCC3)C2)cc1)c1ccccc1. The summed E-state index contributed by atoms with van der Waals surface area (Å²) >= 11 is 0. The Bertz CT molecular complexity index is 798. The molecule has 0 bridgehead atoms. The fourth-order valence-corrected chi connectivity index (χ4v) is 4.00. The van der Waals surface area contributed by atoms with E-state index in [4.69, 9.17) is 0 Å². The highest BCUT2D eigenvalue weighted by atomic mass is 16.2. The Morgan fingerprint density at radius 1 is 0.852 bits per heavy atom. The number of nitrogens with zero attached hydrogens (tertiary/aromatic N) is 2. The summed E-state index contributed by atoms with van der Waals surface area (Å²) in [6.45, 7) is 3.99. The molecule has 2 aliphatic rings. The number of benzene rings is 2. The number of hydrogen-bond acceptors (Lipinski definition) is 3. The first-order chi connectivity index (χ1) is 13.2. The topological polar surface area (TPSA) is 52.7 Å². The number of nitrogens with one attached hydrogen (secondary N) is 1. The smallest absolute Gasteiger partial charge is 0.255 e. The van der Waals surface area contributed by atoms with Crippen LogP contribution in [0.25, 0.3) is 0 Å². The zero-order chi connectivity index (χ0) is 18.6. The summed E-state index contributed by atoms with van der Waals surface area (Å²) in [5, 5.41) is 2.87. The Morgan fingerprint density at radius 2 is 1.56 bits per heavy atom. The lowest BCUT2D eigenvalue weighted by Crippen LogP contribution is -2.37. The first-order valence-electron chi connectivity index (χ1n) is 9.70. The second kappa shape index (κ2) is 7.92. The molecule has 140 valence electrons. The Labute approximate surface area is 160 Å². The molecule has 4 rings (SSSR count). The van der Waals surface area contributed by atoms with Crippen LogP contribution in [0.3, 0.4) is 0 Å². The minimum Gasteiger partial charge on any atom is -0.337 e. The van der Waals surface area contributed by atoms with Gasteiger partial charge in [0.1, 0.15) is 0 Å². The fourth-order valence-electron chi connectivity index (χ4n) is 4.00. The third kappa shape index (κ3) is 4.03. The Hall–Kier alpha value is -2.66. The van der Waals surface area contributed by atoms with E-state index in [2.05, 4.69) is 10.2 Å². The van der Waals surface area contributed by atoms with Gasteiger partial charge in [-0.25, -0.2) is 0 Å². The maximum Gasteiger partial charge on any atom is 0.255 e. The Balaban J connectivity index is 1.36. The van der Waals surface area contributed by atoms with Crippen LogP contribution in [0, 0.1) is 0 Å². The van der Waals surface area contributed by atoms with Crippen LogP contribution in [0.4, 0.5) is 5.69 Å². The van der Waals surface area contributed by atoms with Crippen molar-refractivity contribution in [2.45, 2.75) is 25.3 Å². The first-order valence-corrected chi connectivity index (χ1v) is 9.70. The third-order valence-electron chi connectivity index (χ3n) is 5.53. The molecule has 1 N–H and O–H groups in total. The van der Waals surface area contributed by atoms with Gasteiger partial charge in [0.05, 0.1) is 0 Å². The lowest BCUT2D eigenvalue weighted by molar-refractivity contribution is 0.0780. The van der Waals surface area contributed by atoms with Crippen LogP contribution in [-0.4, -0.2) is 53.8 Å². The molecule has 2 aliphatic heterocycles. The molecule has 0 saturated carbocycles. The molecular weight excluding hydrogens is 338 g/mol. The summed E-state index contributed by atoms with van der Waals surface area (Å²) in [5.41, 5.74) is 1.98. The van der Waals surface area contributed by atoms with Gasteiger partial charge in [-0.2, -0.15) is 0 Å². The second-order valence-corrected chi connectivity index (χ2v) is 7.33. The van der Waals surface area contributed by atoms with Crippen LogP contribution in [0.2, 0.25) is 0 Å². The molecule has 1 atom stereocenters. The van der Waals surface area contributed by atoms with Crippen LogP contribution in [0.1, 0.15) is 40.0 Å². The lowest BCUT2D eigenvalue weighted by atomic mass is 10.1. The van der Waals surface area contributed by atoms with Gasteiger partial charge in [-0.15, -0.1) is 0 Å². The highest BCUT2D eigenvalue weighted by Gasteiger charge is 2.31. The summed E-state index contributed by atoms with van der Waals surface area (Å²) in [7, 11) is 0.